The Hall–Kier alpha value is -1.06. The van der Waals surface area contributed by atoms with E-state index >= 15 is 0 Å². The fraction of sp³-hybridized carbons (Fsp3) is 0.625. The molecule has 0 radical (unpaired) electrons. The third-order valence-corrected chi connectivity index (χ3v) is 4.34. The van der Waals surface area contributed by atoms with Crippen LogP contribution in [-0.4, -0.2) is 36.1 Å². The minimum absolute atomic E-state index is 0.0701. The summed E-state index contributed by atoms with van der Waals surface area (Å²) in [6.07, 6.45) is 2.24. The van der Waals surface area contributed by atoms with Gasteiger partial charge in [-0.15, -0.1) is 0 Å². The molecule has 1 heterocycles. The fourth-order valence-corrected chi connectivity index (χ4v) is 2.79. The van der Waals surface area contributed by atoms with Gasteiger partial charge in [0, 0.05) is 31.4 Å². The molecule has 0 saturated carbocycles. The van der Waals surface area contributed by atoms with Gasteiger partial charge in [0.25, 0.3) is 0 Å². The van der Waals surface area contributed by atoms with Crippen LogP contribution in [0.3, 0.4) is 0 Å². The van der Waals surface area contributed by atoms with E-state index in [-0.39, 0.29) is 5.54 Å². The lowest BCUT2D eigenvalue weighted by molar-refractivity contribution is 0.144. The predicted molar refractivity (Wildman–Crippen MR) is 82.5 cm³/mol. The Morgan fingerprint density at radius 1 is 1.21 bits per heavy atom. The molecule has 106 valence electrons. The fourth-order valence-electron chi connectivity index (χ4n) is 2.79. The summed E-state index contributed by atoms with van der Waals surface area (Å²) in [6, 6.07) is 9.24. The van der Waals surface area contributed by atoms with Gasteiger partial charge in [-0.2, -0.15) is 0 Å². The maximum atomic E-state index is 6.06. The van der Waals surface area contributed by atoms with E-state index < -0.39 is 0 Å². The summed E-state index contributed by atoms with van der Waals surface area (Å²) < 4.78 is 0. The highest BCUT2D eigenvalue weighted by atomic mass is 15.2. The quantitative estimate of drug-likeness (QED) is 0.875. The van der Waals surface area contributed by atoms with E-state index in [4.69, 9.17) is 5.73 Å². The molecule has 2 rings (SSSR count). The Balaban J connectivity index is 2.02. The average Bonchev–Trinajstić information content (AvgIpc) is 2.42. The SMILES string of the molecule is Cc1ccc(NC2(CN)CCN(C(C)C)CC2)cc1. The molecule has 19 heavy (non-hydrogen) atoms. The number of benzene rings is 1. The van der Waals surface area contributed by atoms with Crippen molar-refractivity contribution in [3.63, 3.8) is 0 Å². The zero-order valence-corrected chi connectivity index (χ0v) is 12.4. The second-order valence-corrected chi connectivity index (χ2v) is 6.11. The first-order chi connectivity index (χ1) is 9.04. The van der Waals surface area contributed by atoms with Gasteiger partial charge in [0.2, 0.25) is 0 Å². The van der Waals surface area contributed by atoms with Crippen molar-refractivity contribution < 1.29 is 0 Å². The lowest BCUT2D eigenvalue weighted by Gasteiger charge is -2.43. The molecule has 1 fully saturated rings. The molecule has 0 amide bonds. The van der Waals surface area contributed by atoms with E-state index in [2.05, 4.69) is 55.3 Å². The van der Waals surface area contributed by atoms with Gasteiger partial charge in [-0.25, -0.2) is 0 Å². The van der Waals surface area contributed by atoms with Crippen molar-refractivity contribution >= 4 is 5.69 Å². The van der Waals surface area contributed by atoms with E-state index in [1.54, 1.807) is 0 Å². The number of piperidine rings is 1. The smallest absolute Gasteiger partial charge is 0.0520 e. The van der Waals surface area contributed by atoms with Gasteiger partial charge >= 0.3 is 0 Å². The van der Waals surface area contributed by atoms with Crippen LogP contribution in [0.25, 0.3) is 0 Å². The zero-order chi connectivity index (χ0) is 13.9. The van der Waals surface area contributed by atoms with Crippen molar-refractivity contribution in [3.8, 4) is 0 Å². The molecule has 1 aliphatic rings. The highest BCUT2D eigenvalue weighted by Crippen LogP contribution is 2.27. The molecule has 0 unspecified atom stereocenters. The third kappa shape index (κ3) is 3.48. The van der Waals surface area contributed by atoms with Gasteiger partial charge in [-0.05, 0) is 45.7 Å². The van der Waals surface area contributed by atoms with Crippen molar-refractivity contribution in [1.29, 1.82) is 0 Å². The number of hydrogen-bond acceptors (Lipinski definition) is 3. The number of anilines is 1. The first-order valence-corrected chi connectivity index (χ1v) is 7.34. The van der Waals surface area contributed by atoms with E-state index in [0.717, 1.165) is 25.9 Å². The van der Waals surface area contributed by atoms with Crippen LogP contribution in [0.2, 0.25) is 0 Å². The number of hydrogen-bond donors (Lipinski definition) is 2. The maximum Gasteiger partial charge on any atom is 0.0520 e. The minimum Gasteiger partial charge on any atom is -0.378 e. The van der Waals surface area contributed by atoms with E-state index in [1.165, 1.54) is 11.3 Å². The van der Waals surface area contributed by atoms with Crippen LogP contribution in [0.5, 0.6) is 0 Å². The number of aryl methyl sites for hydroxylation is 1. The lowest BCUT2D eigenvalue weighted by atomic mass is 9.86. The molecular weight excluding hydrogens is 234 g/mol. The Morgan fingerprint density at radius 3 is 2.26 bits per heavy atom. The topological polar surface area (TPSA) is 41.3 Å². The first kappa shape index (κ1) is 14.4. The molecule has 0 bridgehead atoms. The first-order valence-electron chi connectivity index (χ1n) is 7.34. The summed E-state index contributed by atoms with van der Waals surface area (Å²) in [6.45, 7) is 9.61. The van der Waals surface area contributed by atoms with Gasteiger partial charge < -0.3 is 16.0 Å². The normalized spacial score (nSPS) is 19.6. The molecular formula is C16H27N3. The van der Waals surface area contributed by atoms with Crippen LogP contribution < -0.4 is 11.1 Å². The maximum absolute atomic E-state index is 6.06. The second-order valence-electron chi connectivity index (χ2n) is 6.11. The van der Waals surface area contributed by atoms with E-state index in [0.29, 0.717) is 12.6 Å². The molecule has 1 aromatic carbocycles. The monoisotopic (exact) mass is 261 g/mol. The number of nitrogens with zero attached hydrogens (tertiary/aromatic N) is 1. The molecule has 0 aliphatic carbocycles. The van der Waals surface area contributed by atoms with Crippen LogP contribution in [0.1, 0.15) is 32.3 Å². The molecule has 1 aromatic rings. The van der Waals surface area contributed by atoms with Crippen LogP contribution in [0.15, 0.2) is 24.3 Å². The van der Waals surface area contributed by atoms with Gasteiger partial charge in [0.15, 0.2) is 0 Å². The van der Waals surface area contributed by atoms with E-state index in [1.807, 2.05) is 0 Å². The van der Waals surface area contributed by atoms with Crippen molar-refractivity contribution in [1.82, 2.24) is 4.90 Å². The summed E-state index contributed by atoms with van der Waals surface area (Å²) in [7, 11) is 0. The minimum atomic E-state index is 0.0701. The average molecular weight is 261 g/mol. The van der Waals surface area contributed by atoms with Gasteiger partial charge in [0.05, 0.1) is 5.54 Å². The van der Waals surface area contributed by atoms with Crippen molar-refractivity contribution in [3.05, 3.63) is 29.8 Å². The summed E-state index contributed by atoms with van der Waals surface area (Å²) in [5, 5.41) is 3.68. The van der Waals surface area contributed by atoms with Gasteiger partial charge in [-0.1, -0.05) is 17.7 Å². The van der Waals surface area contributed by atoms with Gasteiger partial charge in [0.1, 0.15) is 0 Å². The summed E-state index contributed by atoms with van der Waals surface area (Å²) in [5.41, 5.74) is 8.61. The molecule has 1 saturated heterocycles. The van der Waals surface area contributed by atoms with Crippen molar-refractivity contribution in [2.45, 2.75) is 45.2 Å². The Labute approximate surface area is 117 Å². The van der Waals surface area contributed by atoms with Gasteiger partial charge in [-0.3, -0.25) is 0 Å². The zero-order valence-electron chi connectivity index (χ0n) is 12.4. The third-order valence-electron chi connectivity index (χ3n) is 4.34. The van der Waals surface area contributed by atoms with Crippen LogP contribution in [0.4, 0.5) is 5.69 Å². The van der Waals surface area contributed by atoms with E-state index in [9.17, 15) is 0 Å². The standard InChI is InChI=1S/C16H27N3/c1-13(2)19-10-8-16(12-17,9-11-19)18-15-6-4-14(3)5-7-15/h4-7,13,18H,8-12,17H2,1-3H3. The lowest BCUT2D eigenvalue weighted by Crippen LogP contribution is -2.54. The molecule has 0 aromatic heterocycles. The number of likely N-dealkylation sites (tertiary alicyclic amines) is 1. The van der Waals surface area contributed by atoms with Crippen LogP contribution in [0, 0.1) is 6.92 Å². The molecule has 0 atom stereocenters. The molecule has 3 nitrogen and oxygen atoms in total. The Morgan fingerprint density at radius 2 is 1.79 bits per heavy atom. The number of nitrogens with two attached hydrogens (primary N) is 1. The van der Waals surface area contributed by atoms with Crippen molar-refractivity contribution in [2.75, 3.05) is 25.0 Å². The summed E-state index contributed by atoms with van der Waals surface area (Å²) >= 11 is 0. The Kier molecular flexibility index (Phi) is 4.48. The molecule has 0 spiro atoms. The molecule has 3 N–H and O–H groups in total. The summed E-state index contributed by atoms with van der Waals surface area (Å²) in [5.74, 6) is 0. The van der Waals surface area contributed by atoms with Crippen molar-refractivity contribution in [2.24, 2.45) is 5.73 Å². The molecule has 1 aliphatic heterocycles. The largest absolute Gasteiger partial charge is 0.378 e. The highest BCUT2D eigenvalue weighted by molar-refractivity contribution is 5.47. The predicted octanol–water partition coefficient (Wildman–Crippen LogP) is 2.61. The molecule has 3 heteroatoms. The van der Waals surface area contributed by atoms with Crippen LogP contribution >= 0.6 is 0 Å². The van der Waals surface area contributed by atoms with Crippen LogP contribution in [-0.2, 0) is 0 Å². The second kappa shape index (κ2) is 5.93. The Bertz CT molecular complexity index is 389. The highest BCUT2D eigenvalue weighted by Gasteiger charge is 2.33. The number of nitrogens with one attached hydrogen (secondary N) is 1. The number of rotatable bonds is 4. The summed E-state index contributed by atoms with van der Waals surface area (Å²) in [4.78, 5) is 2.53.